The molecule has 1 aromatic heterocycles. The molecule has 1 aliphatic carbocycles. The molecule has 0 saturated heterocycles. The molecule has 3 rings (SSSR count). The summed E-state index contributed by atoms with van der Waals surface area (Å²) in [5, 5.41) is 11.9. The molecule has 1 aromatic carbocycles. The summed E-state index contributed by atoms with van der Waals surface area (Å²) < 4.78 is 0. The number of pyridine rings is 1. The van der Waals surface area contributed by atoms with Crippen LogP contribution in [0.3, 0.4) is 0 Å². The van der Waals surface area contributed by atoms with E-state index in [0.717, 1.165) is 42.1 Å². The number of nitrogens with zero attached hydrogens (tertiary/aromatic N) is 1. The van der Waals surface area contributed by atoms with Crippen molar-refractivity contribution in [3.63, 3.8) is 0 Å². The van der Waals surface area contributed by atoms with E-state index in [1.54, 1.807) is 6.20 Å². The van der Waals surface area contributed by atoms with Gasteiger partial charge in [-0.05, 0) is 48.9 Å². The molecule has 1 saturated carbocycles. The molecule has 2 unspecified atom stereocenters. The van der Waals surface area contributed by atoms with Gasteiger partial charge in [0.2, 0.25) is 0 Å². The molecule has 94 valence electrons. The van der Waals surface area contributed by atoms with Crippen molar-refractivity contribution in [1.29, 1.82) is 0 Å². The maximum atomic E-state index is 10.8. The van der Waals surface area contributed by atoms with E-state index in [2.05, 4.69) is 24.0 Å². The molecular weight excluding hydrogens is 222 g/mol. The fraction of sp³-hybridized carbons (Fsp3) is 0.438. The van der Waals surface area contributed by atoms with Gasteiger partial charge in [0.25, 0.3) is 0 Å². The molecule has 2 aromatic rings. The van der Waals surface area contributed by atoms with Crippen molar-refractivity contribution in [3.8, 4) is 0 Å². The third kappa shape index (κ3) is 1.91. The first-order valence-corrected chi connectivity index (χ1v) is 6.79. The largest absolute Gasteiger partial charge is 0.385 e. The van der Waals surface area contributed by atoms with Crippen LogP contribution in [0.15, 0.2) is 36.5 Å². The molecule has 1 fully saturated rings. The smallest absolute Gasteiger partial charge is 0.0899 e. The molecule has 2 heteroatoms. The number of hydrogen-bond acceptors (Lipinski definition) is 2. The predicted molar refractivity (Wildman–Crippen MR) is 73.3 cm³/mol. The topological polar surface area (TPSA) is 33.1 Å². The van der Waals surface area contributed by atoms with E-state index in [0.29, 0.717) is 5.92 Å². The van der Waals surface area contributed by atoms with Crippen LogP contribution in [0.4, 0.5) is 0 Å². The summed E-state index contributed by atoms with van der Waals surface area (Å²) in [7, 11) is 0. The second-order valence-electron chi connectivity index (χ2n) is 5.46. The van der Waals surface area contributed by atoms with Crippen molar-refractivity contribution < 1.29 is 5.11 Å². The highest BCUT2D eigenvalue weighted by Gasteiger charge is 2.37. The average molecular weight is 241 g/mol. The third-order valence-corrected chi connectivity index (χ3v) is 4.31. The number of fused-ring (bicyclic) bond motifs is 1. The summed E-state index contributed by atoms with van der Waals surface area (Å²) in [5.41, 5.74) is 1.43. The normalized spacial score (nSPS) is 27.8. The molecule has 0 bridgehead atoms. The zero-order valence-corrected chi connectivity index (χ0v) is 10.8. The Morgan fingerprint density at radius 3 is 3.06 bits per heavy atom. The summed E-state index contributed by atoms with van der Waals surface area (Å²) >= 11 is 0. The van der Waals surface area contributed by atoms with E-state index in [1.807, 2.05) is 18.2 Å². The number of hydrogen-bond donors (Lipinski definition) is 1. The summed E-state index contributed by atoms with van der Waals surface area (Å²) in [5.74, 6) is 0.666. The lowest BCUT2D eigenvalue weighted by atomic mass is 9.90. The Hall–Kier alpha value is -1.41. The molecule has 2 nitrogen and oxygen atoms in total. The molecule has 1 aliphatic rings. The Morgan fingerprint density at radius 2 is 2.28 bits per heavy atom. The minimum atomic E-state index is -0.620. The zero-order chi connectivity index (χ0) is 12.6. The van der Waals surface area contributed by atoms with E-state index in [4.69, 9.17) is 0 Å². The van der Waals surface area contributed by atoms with Gasteiger partial charge in [0, 0.05) is 11.6 Å². The fourth-order valence-electron chi connectivity index (χ4n) is 3.10. The van der Waals surface area contributed by atoms with E-state index in [9.17, 15) is 5.11 Å². The van der Waals surface area contributed by atoms with Crippen LogP contribution in [-0.2, 0) is 5.60 Å². The van der Waals surface area contributed by atoms with E-state index < -0.39 is 5.60 Å². The van der Waals surface area contributed by atoms with Crippen LogP contribution in [0.5, 0.6) is 0 Å². The highest BCUT2D eigenvalue weighted by Crippen LogP contribution is 2.43. The van der Waals surface area contributed by atoms with E-state index >= 15 is 0 Å². The monoisotopic (exact) mass is 241 g/mol. The molecular formula is C16H19NO. The summed E-state index contributed by atoms with van der Waals surface area (Å²) in [4.78, 5) is 4.32. The Kier molecular flexibility index (Phi) is 2.83. The molecule has 0 radical (unpaired) electrons. The van der Waals surface area contributed by atoms with Crippen LogP contribution in [0.25, 0.3) is 10.9 Å². The van der Waals surface area contributed by atoms with Crippen molar-refractivity contribution in [2.75, 3.05) is 0 Å². The number of rotatable bonds is 2. The van der Waals surface area contributed by atoms with Crippen LogP contribution < -0.4 is 0 Å². The molecule has 1 N–H and O–H groups in total. The highest BCUT2D eigenvalue weighted by molar-refractivity contribution is 5.79. The van der Waals surface area contributed by atoms with E-state index in [-0.39, 0.29) is 0 Å². The maximum Gasteiger partial charge on any atom is 0.0899 e. The summed E-state index contributed by atoms with van der Waals surface area (Å²) in [6.07, 6.45) is 5.89. The minimum Gasteiger partial charge on any atom is -0.385 e. The van der Waals surface area contributed by atoms with Crippen LogP contribution >= 0.6 is 0 Å². The summed E-state index contributed by atoms with van der Waals surface area (Å²) in [6, 6.07) is 10.1. The standard InChI is InChI=1S/C16H19NO/c1-2-12-7-8-16(18,11-12)14-5-6-15-13(10-14)4-3-9-17-15/h3-6,9-10,12,18H,2,7-8,11H2,1H3. The van der Waals surface area contributed by atoms with Gasteiger partial charge in [-0.2, -0.15) is 0 Å². The number of aromatic nitrogens is 1. The lowest BCUT2D eigenvalue weighted by Gasteiger charge is -2.23. The Morgan fingerprint density at radius 1 is 1.39 bits per heavy atom. The molecule has 0 aliphatic heterocycles. The van der Waals surface area contributed by atoms with Gasteiger partial charge >= 0.3 is 0 Å². The van der Waals surface area contributed by atoms with Crippen LogP contribution in [0.1, 0.15) is 38.2 Å². The highest BCUT2D eigenvalue weighted by atomic mass is 16.3. The third-order valence-electron chi connectivity index (χ3n) is 4.31. The molecule has 1 heterocycles. The lowest BCUT2D eigenvalue weighted by Crippen LogP contribution is -2.21. The first-order chi connectivity index (χ1) is 8.71. The van der Waals surface area contributed by atoms with Gasteiger partial charge in [0.1, 0.15) is 0 Å². The molecule has 18 heavy (non-hydrogen) atoms. The second kappa shape index (κ2) is 4.36. The van der Waals surface area contributed by atoms with Gasteiger partial charge < -0.3 is 5.11 Å². The molecule has 0 spiro atoms. The molecule has 2 atom stereocenters. The Labute approximate surface area is 108 Å². The van der Waals surface area contributed by atoms with Gasteiger partial charge in [-0.15, -0.1) is 0 Å². The van der Waals surface area contributed by atoms with Gasteiger partial charge in [-0.1, -0.05) is 25.5 Å². The van der Waals surface area contributed by atoms with Crippen LogP contribution in [0, 0.1) is 5.92 Å². The SMILES string of the molecule is CCC1CCC(O)(c2ccc3ncccc3c2)C1. The quantitative estimate of drug-likeness (QED) is 0.871. The predicted octanol–water partition coefficient (Wildman–Crippen LogP) is 3.63. The average Bonchev–Trinajstić information content (AvgIpc) is 2.81. The van der Waals surface area contributed by atoms with Crippen molar-refractivity contribution in [1.82, 2.24) is 4.98 Å². The Bertz CT molecular complexity index is 566. The van der Waals surface area contributed by atoms with Gasteiger partial charge in [0.05, 0.1) is 11.1 Å². The van der Waals surface area contributed by atoms with Gasteiger partial charge in [-0.25, -0.2) is 0 Å². The van der Waals surface area contributed by atoms with Gasteiger partial charge in [0.15, 0.2) is 0 Å². The zero-order valence-electron chi connectivity index (χ0n) is 10.8. The minimum absolute atomic E-state index is 0.620. The maximum absolute atomic E-state index is 10.8. The van der Waals surface area contributed by atoms with E-state index in [1.165, 1.54) is 0 Å². The van der Waals surface area contributed by atoms with Crippen LogP contribution in [-0.4, -0.2) is 10.1 Å². The van der Waals surface area contributed by atoms with Crippen molar-refractivity contribution in [2.24, 2.45) is 5.92 Å². The van der Waals surface area contributed by atoms with Crippen LogP contribution in [0.2, 0.25) is 0 Å². The molecule has 0 amide bonds. The van der Waals surface area contributed by atoms with Crippen molar-refractivity contribution in [3.05, 3.63) is 42.1 Å². The second-order valence-corrected chi connectivity index (χ2v) is 5.46. The van der Waals surface area contributed by atoms with Crippen molar-refractivity contribution in [2.45, 2.75) is 38.2 Å². The Balaban J connectivity index is 1.99. The fourth-order valence-corrected chi connectivity index (χ4v) is 3.10. The number of aliphatic hydroxyl groups is 1. The first kappa shape index (κ1) is 11.7. The van der Waals surface area contributed by atoms with Gasteiger partial charge in [-0.3, -0.25) is 4.98 Å². The lowest BCUT2D eigenvalue weighted by molar-refractivity contribution is 0.0399. The summed E-state index contributed by atoms with van der Waals surface area (Å²) in [6.45, 7) is 2.21. The van der Waals surface area contributed by atoms with Crippen molar-refractivity contribution >= 4 is 10.9 Å². The first-order valence-electron chi connectivity index (χ1n) is 6.79. The number of benzene rings is 1.